The van der Waals surface area contributed by atoms with E-state index in [1.165, 1.54) is 4.90 Å². The maximum absolute atomic E-state index is 10.8. The van der Waals surface area contributed by atoms with E-state index in [0.29, 0.717) is 6.54 Å². The normalized spacial score (nSPS) is 9.93. The summed E-state index contributed by atoms with van der Waals surface area (Å²) in [5.41, 5.74) is 0.942. The second kappa shape index (κ2) is 6.00. The van der Waals surface area contributed by atoms with Crippen LogP contribution in [0.5, 0.6) is 0 Å². The SMILES string of the molecule is NOCCN(Cc1ccccc1)C(=O)O. The van der Waals surface area contributed by atoms with Gasteiger partial charge in [-0.05, 0) is 5.56 Å². The molecular formula is C10H14N2O3. The lowest BCUT2D eigenvalue weighted by atomic mass is 10.2. The molecule has 0 saturated carbocycles. The van der Waals surface area contributed by atoms with Crippen LogP contribution in [0.2, 0.25) is 0 Å². The molecule has 0 fully saturated rings. The topological polar surface area (TPSA) is 75.8 Å². The van der Waals surface area contributed by atoms with Gasteiger partial charge in [-0.15, -0.1) is 0 Å². The maximum Gasteiger partial charge on any atom is 0.407 e. The molecule has 0 aliphatic heterocycles. The number of nitrogens with zero attached hydrogens (tertiary/aromatic N) is 1. The first kappa shape index (κ1) is 11.5. The minimum Gasteiger partial charge on any atom is -0.465 e. The van der Waals surface area contributed by atoms with Crippen molar-refractivity contribution < 1.29 is 14.7 Å². The van der Waals surface area contributed by atoms with E-state index < -0.39 is 6.09 Å². The first-order valence-electron chi connectivity index (χ1n) is 4.57. The van der Waals surface area contributed by atoms with Crippen molar-refractivity contribution in [2.75, 3.05) is 13.2 Å². The Labute approximate surface area is 88.0 Å². The number of nitrogens with two attached hydrogens (primary N) is 1. The molecule has 1 amide bonds. The van der Waals surface area contributed by atoms with E-state index in [1.54, 1.807) is 0 Å². The first-order valence-corrected chi connectivity index (χ1v) is 4.57. The number of carboxylic acid groups (broad SMARTS) is 1. The molecule has 0 aromatic heterocycles. The molecule has 15 heavy (non-hydrogen) atoms. The summed E-state index contributed by atoms with van der Waals surface area (Å²) >= 11 is 0. The number of hydrogen-bond acceptors (Lipinski definition) is 3. The molecule has 1 rings (SSSR count). The summed E-state index contributed by atoms with van der Waals surface area (Å²) in [5, 5.41) is 8.89. The molecule has 0 spiro atoms. The molecule has 0 atom stereocenters. The third-order valence-corrected chi connectivity index (χ3v) is 1.97. The second-order valence-corrected chi connectivity index (χ2v) is 3.06. The lowest BCUT2D eigenvalue weighted by molar-refractivity contribution is 0.0929. The highest BCUT2D eigenvalue weighted by atomic mass is 16.6. The molecule has 0 heterocycles. The largest absolute Gasteiger partial charge is 0.465 e. The standard InChI is InChI=1S/C10H14N2O3/c11-15-7-6-12(10(13)14)8-9-4-2-1-3-5-9/h1-5H,6-8,11H2,(H,13,14). The number of rotatable bonds is 5. The van der Waals surface area contributed by atoms with Gasteiger partial charge in [0.25, 0.3) is 0 Å². The van der Waals surface area contributed by atoms with Crippen molar-refractivity contribution >= 4 is 6.09 Å². The van der Waals surface area contributed by atoms with Crippen molar-refractivity contribution in [1.82, 2.24) is 4.90 Å². The molecule has 3 N–H and O–H groups in total. The van der Waals surface area contributed by atoms with Gasteiger partial charge in [0.05, 0.1) is 6.61 Å². The molecule has 0 bridgehead atoms. The number of amides is 1. The van der Waals surface area contributed by atoms with Gasteiger partial charge in [0.1, 0.15) is 0 Å². The Morgan fingerprint density at radius 3 is 2.60 bits per heavy atom. The fourth-order valence-corrected chi connectivity index (χ4v) is 1.21. The minimum atomic E-state index is -0.976. The van der Waals surface area contributed by atoms with Crippen molar-refractivity contribution in [2.24, 2.45) is 5.90 Å². The van der Waals surface area contributed by atoms with E-state index in [0.717, 1.165) is 5.56 Å². The monoisotopic (exact) mass is 210 g/mol. The molecule has 82 valence electrons. The Hall–Kier alpha value is -1.59. The Kier molecular flexibility index (Phi) is 4.59. The van der Waals surface area contributed by atoms with Crippen molar-refractivity contribution in [1.29, 1.82) is 0 Å². The van der Waals surface area contributed by atoms with Gasteiger partial charge in [-0.25, -0.2) is 10.7 Å². The van der Waals surface area contributed by atoms with Gasteiger partial charge < -0.3 is 14.8 Å². The highest BCUT2D eigenvalue weighted by molar-refractivity contribution is 5.64. The molecule has 5 heteroatoms. The van der Waals surface area contributed by atoms with Crippen LogP contribution in [0.15, 0.2) is 30.3 Å². The van der Waals surface area contributed by atoms with Crippen LogP contribution in [0.4, 0.5) is 4.79 Å². The zero-order valence-corrected chi connectivity index (χ0v) is 8.30. The zero-order valence-electron chi connectivity index (χ0n) is 8.30. The summed E-state index contributed by atoms with van der Waals surface area (Å²) in [5.74, 6) is 4.85. The van der Waals surface area contributed by atoms with Gasteiger partial charge in [0.2, 0.25) is 0 Å². The van der Waals surface area contributed by atoms with Gasteiger partial charge >= 0.3 is 6.09 Å². The van der Waals surface area contributed by atoms with Crippen LogP contribution < -0.4 is 5.90 Å². The third kappa shape index (κ3) is 3.97. The van der Waals surface area contributed by atoms with E-state index in [4.69, 9.17) is 11.0 Å². The molecule has 5 nitrogen and oxygen atoms in total. The molecule has 0 saturated heterocycles. The van der Waals surface area contributed by atoms with Crippen LogP contribution in [0, 0.1) is 0 Å². The van der Waals surface area contributed by atoms with Crippen molar-refractivity contribution in [2.45, 2.75) is 6.54 Å². The average molecular weight is 210 g/mol. The molecule has 0 unspecified atom stereocenters. The lowest BCUT2D eigenvalue weighted by Gasteiger charge is -2.18. The summed E-state index contributed by atoms with van der Waals surface area (Å²) in [6.45, 7) is 0.805. The van der Waals surface area contributed by atoms with Crippen LogP contribution in [-0.4, -0.2) is 29.3 Å². The van der Waals surface area contributed by atoms with Crippen LogP contribution >= 0.6 is 0 Å². The quantitative estimate of drug-likeness (QED) is 0.712. The van der Waals surface area contributed by atoms with E-state index >= 15 is 0 Å². The predicted octanol–water partition coefficient (Wildman–Crippen LogP) is 1.06. The lowest BCUT2D eigenvalue weighted by Crippen LogP contribution is -2.32. The molecule has 0 radical (unpaired) electrons. The van der Waals surface area contributed by atoms with Crippen LogP contribution in [0.1, 0.15) is 5.56 Å². The zero-order chi connectivity index (χ0) is 11.1. The van der Waals surface area contributed by atoms with Gasteiger partial charge in [0, 0.05) is 13.1 Å². The molecule has 1 aromatic carbocycles. The summed E-state index contributed by atoms with van der Waals surface area (Å²) in [7, 11) is 0. The Morgan fingerprint density at radius 2 is 2.07 bits per heavy atom. The van der Waals surface area contributed by atoms with Gasteiger partial charge in [-0.1, -0.05) is 30.3 Å². The molecular weight excluding hydrogens is 196 g/mol. The maximum atomic E-state index is 10.8. The number of carbonyl (C=O) groups is 1. The van der Waals surface area contributed by atoms with Crippen molar-refractivity contribution in [3.63, 3.8) is 0 Å². The Morgan fingerprint density at radius 1 is 1.40 bits per heavy atom. The Balaban J connectivity index is 2.55. The van der Waals surface area contributed by atoms with Gasteiger partial charge in [-0.3, -0.25) is 0 Å². The second-order valence-electron chi connectivity index (χ2n) is 3.06. The molecule has 0 aliphatic rings. The summed E-state index contributed by atoms with van der Waals surface area (Å²) in [4.78, 5) is 16.4. The van der Waals surface area contributed by atoms with Gasteiger partial charge in [-0.2, -0.15) is 0 Å². The average Bonchev–Trinajstić information content (AvgIpc) is 2.25. The van der Waals surface area contributed by atoms with Crippen molar-refractivity contribution in [3.05, 3.63) is 35.9 Å². The van der Waals surface area contributed by atoms with Gasteiger partial charge in [0.15, 0.2) is 0 Å². The van der Waals surface area contributed by atoms with Crippen LogP contribution in [0.3, 0.4) is 0 Å². The van der Waals surface area contributed by atoms with Crippen LogP contribution in [0.25, 0.3) is 0 Å². The van der Waals surface area contributed by atoms with E-state index in [2.05, 4.69) is 4.84 Å². The van der Waals surface area contributed by atoms with E-state index in [9.17, 15) is 4.79 Å². The first-order chi connectivity index (χ1) is 7.24. The smallest absolute Gasteiger partial charge is 0.407 e. The van der Waals surface area contributed by atoms with E-state index in [1.807, 2.05) is 30.3 Å². The highest BCUT2D eigenvalue weighted by Crippen LogP contribution is 2.04. The predicted molar refractivity (Wildman–Crippen MR) is 55.0 cm³/mol. The fraction of sp³-hybridized carbons (Fsp3) is 0.300. The highest BCUT2D eigenvalue weighted by Gasteiger charge is 2.11. The summed E-state index contributed by atoms with van der Waals surface area (Å²) in [6, 6.07) is 9.37. The summed E-state index contributed by atoms with van der Waals surface area (Å²) in [6.07, 6.45) is -0.976. The Bertz CT molecular complexity index is 303. The number of hydrogen-bond donors (Lipinski definition) is 2. The van der Waals surface area contributed by atoms with Crippen molar-refractivity contribution in [3.8, 4) is 0 Å². The fourth-order valence-electron chi connectivity index (χ4n) is 1.21. The summed E-state index contributed by atoms with van der Waals surface area (Å²) < 4.78 is 0. The third-order valence-electron chi connectivity index (χ3n) is 1.97. The number of benzene rings is 1. The minimum absolute atomic E-state index is 0.194. The van der Waals surface area contributed by atoms with E-state index in [-0.39, 0.29) is 13.2 Å². The molecule has 1 aromatic rings. The molecule has 0 aliphatic carbocycles. The van der Waals surface area contributed by atoms with Crippen LogP contribution in [-0.2, 0) is 11.4 Å².